The van der Waals surface area contributed by atoms with Crippen LogP contribution in [-0.2, 0) is 9.53 Å². The number of nitrogens with zero attached hydrogens (tertiary/aromatic N) is 2. The van der Waals surface area contributed by atoms with Crippen LogP contribution in [-0.4, -0.2) is 29.3 Å². The van der Waals surface area contributed by atoms with E-state index >= 15 is 0 Å². The molecule has 2 heterocycles. The Kier molecular flexibility index (Phi) is 5.55. The second kappa shape index (κ2) is 8.03. The van der Waals surface area contributed by atoms with Crippen molar-refractivity contribution in [2.45, 2.75) is 31.8 Å². The predicted molar refractivity (Wildman–Crippen MR) is 87.6 cm³/mol. The summed E-state index contributed by atoms with van der Waals surface area (Å²) < 4.78 is 11.1. The molecule has 1 atom stereocenters. The van der Waals surface area contributed by atoms with Gasteiger partial charge in [0.25, 0.3) is 0 Å². The molecule has 1 aliphatic rings. The van der Waals surface area contributed by atoms with Crippen LogP contribution in [0.4, 0.5) is 5.13 Å². The van der Waals surface area contributed by atoms with Crippen molar-refractivity contribution in [3.63, 3.8) is 0 Å². The van der Waals surface area contributed by atoms with Gasteiger partial charge in [0.15, 0.2) is 0 Å². The molecule has 7 heteroatoms. The highest BCUT2D eigenvalue weighted by Gasteiger charge is 2.22. The van der Waals surface area contributed by atoms with E-state index in [0.29, 0.717) is 24.6 Å². The van der Waals surface area contributed by atoms with Gasteiger partial charge in [-0.3, -0.25) is 4.79 Å². The zero-order chi connectivity index (χ0) is 15.9. The van der Waals surface area contributed by atoms with Crippen molar-refractivity contribution in [2.75, 3.05) is 18.5 Å². The summed E-state index contributed by atoms with van der Waals surface area (Å²) in [6.07, 6.45) is 3.10. The number of para-hydroxylation sites is 1. The maximum absolute atomic E-state index is 11.9. The monoisotopic (exact) mass is 333 g/mol. The van der Waals surface area contributed by atoms with Crippen molar-refractivity contribution in [2.24, 2.45) is 0 Å². The quantitative estimate of drug-likeness (QED) is 0.788. The number of benzene rings is 1. The Balaban J connectivity index is 1.37. The zero-order valence-electron chi connectivity index (χ0n) is 12.7. The number of aromatic nitrogens is 2. The molecule has 1 amide bonds. The van der Waals surface area contributed by atoms with Crippen LogP contribution in [0.5, 0.6) is 5.75 Å². The van der Waals surface area contributed by atoms with E-state index in [1.54, 1.807) is 0 Å². The van der Waals surface area contributed by atoms with Crippen LogP contribution in [0.15, 0.2) is 30.3 Å². The molecule has 0 bridgehead atoms. The molecule has 23 heavy (non-hydrogen) atoms. The van der Waals surface area contributed by atoms with Gasteiger partial charge >= 0.3 is 0 Å². The van der Waals surface area contributed by atoms with E-state index in [2.05, 4.69) is 15.5 Å². The Morgan fingerprint density at radius 3 is 3.00 bits per heavy atom. The van der Waals surface area contributed by atoms with E-state index in [0.717, 1.165) is 30.2 Å². The minimum atomic E-state index is -0.0725. The Labute approximate surface area is 138 Å². The lowest BCUT2D eigenvalue weighted by atomic mass is 10.2. The number of nitrogens with one attached hydrogen (secondary N) is 1. The SMILES string of the molecule is O=C(CCCOc1ccccc1)Nc1nnc([C@H]2CCCO2)s1. The summed E-state index contributed by atoms with van der Waals surface area (Å²) in [5.41, 5.74) is 0. The molecule has 1 aromatic heterocycles. The fourth-order valence-corrected chi connectivity index (χ4v) is 3.15. The van der Waals surface area contributed by atoms with Crippen molar-refractivity contribution >= 4 is 22.4 Å². The van der Waals surface area contributed by atoms with Gasteiger partial charge in [0.05, 0.1) is 6.61 Å². The molecule has 1 aliphatic heterocycles. The standard InChI is InChI=1S/C16H19N3O3S/c20-14(9-5-10-21-12-6-2-1-3-7-12)17-16-19-18-15(23-16)13-8-4-11-22-13/h1-3,6-7,13H,4-5,8-11H2,(H,17,19,20)/t13-/m1/s1. The van der Waals surface area contributed by atoms with Crippen LogP contribution in [0.1, 0.15) is 36.8 Å². The largest absolute Gasteiger partial charge is 0.494 e. The fraction of sp³-hybridized carbons (Fsp3) is 0.438. The first-order valence-electron chi connectivity index (χ1n) is 7.74. The van der Waals surface area contributed by atoms with Crippen molar-refractivity contribution in [3.8, 4) is 5.75 Å². The summed E-state index contributed by atoms with van der Waals surface area (Å²) in [5.74, 6) is 0.745. The highest BCUT2D eigenvalue weighted by molar-refractivity contribution is 7.15. The molecule has 2 aromatic rings. The molecular weight excluding hydrogens is 314 g/mol. The molecule has 0 radical (unpaired) electrons. The van der Waals surface area contributed by atoms with Crippen LogP contribution in [0.2, 0.25) is 0 Å². The highest BCUT2D eigenvalue weighted by Crippen LogP contribution is 2.31. The first-order valence-corrected chi connectivity index (χ1v) is 8.55. The normalized spacial score (nSPS) is 17.1. The van der Waals surface area contributed by atoms with Gasteiger partial charge in [0, 0.05) is 13.0 Å². The average Bonchev–Trinajstić information content (AvgIpc) is 3.24. The van der Waals surface area contributed by atoms with Gasteiger partial charge in [0.1, 0.15) is 16.9 Å². The lowest BCUT2D eigenvalue weighted by Gasteiger charge is -2.05. The van der Waals surface area contributed by atoms with Gasteiger partial charge in [-0.05, 0) is 31.4 Å². The third-order valence-electron chi connectivity index (χ3n) is 3.45. The molecule has 122 valence electrons. The molecule has 0 unspecified atom stereocenters. The van der Waals surface area contributed by atoms with E-state index < -0.39 is 0 Å². The number of anilines is 1. The number of hydrogen-bond donors (Lipinski definition) is 1. The summed E-state index contributed by atoms with van der Waals surface area (Å²) in [6, 6.07) is 9.57. The second-order valence-electron chi connectivity index (χ2n) is 5.26. The molecule has 1 aromatic carbocycles. The van der Waals surface area contributed by atoms with Gasteiger partial charge in [-0.25, -0.2) is 0 Å². The average molecular weight is 333 g/mol. The van der Waals surface area contributed by atoms with Crippen molar-refractivity contribution in [3.05, 3.63) is 35.3 Å². The molecular formula is C16H19N3O3S. The number of ether oxygens (including phenoxy) is 2. The molecule has 1 saturated heterocycles. The van der Waals surface area contributed by atoms with Gasteiger partial charge in [-0.1, -0.05) is 29.5 Å². The zero-order valence-corrected chi connectivity index (χ0v) is 13.6. The second-order valence-corrected chi connectivity index (χ2v) is 6.27. The first-order chi connectivity index (χ1) is 11.3. The molecule has 0 aliphatic carbocycles. The van der Waals surface area contributed by atoms with Crippen LogP contribution in [0.3, 0.4) is 0 Å². The molecule has 6 nitrogen and oxygen atoms in total. The van der Waals surface area contributed by atoms with Gasteiger partial charge in [-0.2, -0.15) is 0 Å². The summed E-state index contributed by atoms with van der Waals surface area (Å²) in [4.78, 5) is 11.9. The minimum Gasteiger partial charge on any atom is -0.494 e. The summed E-state index contributed by atoms with van der Waals surface area (Å²) in [7, 11) is 0. The minimum absolute atomic E-state index is 0.0393. The molecule has 3 rings (SSSR count). The number of rotatable bonds is 7. The third-order valence-corrected chi connectivity index (χ3v) is 4.38. The Bertz CT molecular complexity index is 627. The van der Waals surface area contributed by atoms with Gasteiger partial charge < -0.3 is 14.8 Å². The van der Waals surface area contributed by atoms with E-state index in [4.69, 9.17) is 9.47 Å². The molecule has 1 fully saturated rings. The predicted octanol–water partition coefficient (Wildman–Crippen LogP) is 3.19. The molecule has 0 spiro atoms. The summed E-state index contributed by atoms with van der Waals surface area (Å²) >= 11 is 1.38. The maximum atomic E-state index is 11.9. The summed E-state index contributed by atoms with van der Waals surface area (Å²) in [6.45, 7) is 1.28. The molecule has 0 saturated carbocycles. The smallest absolute Gasteiger partial charge is 0.226 e. The van der Waals surface area contributed by atoms with Crippen molar-refractivity contribution in [1.29, 1.82) is 0 Å². The lowest BCUT2D eigenvalue weighted by molar-refractivity contribution is -0.116. The van der Waals surface area contributed by atoms with E-state index in [9.17, 15) is 4.79 Å². The summed E-state index contributed by atoms with van der Waals surface area (Å²) in [5, 5.41) is 12.2. The topological polar surface area (TPSA) is 73.3 Å². The number of carbonyl (C=O) groups excluding carboxylic acids is 1. The lowest BCUT2D eigenvalue weighted by Crippen LogP contribution is -2.12. The number of amides is 1. The van der Waals surface area contributed by atoms with E-state index in [1.165, 1.54) is 11.3 Å². The van der Waals surface area contributed by atoms with Gasteiger partial charge in [-0.15, -0.1) is 10.2 Å². The third kappa shape index (κ3) is 4.74. The Morgan fingerprint density at radius 1 is 1.35 bits per heavy atom. The van der Waals surface area contributed by atoms with Crippen LogP contribution in [0.25, 0.3) is 0 Å². The highest BCUT2D eigenvalue weighted by atomic mass is 32.1. The van der Waals surface area contributed by atoms with Crippen molar-refractivity contribution in [1.82, 2.24) is 10.2 Å². The maximum Gasteiger partial charge on any atom is 0.226 e. The van der Waals surface area contributed by atoms with E-state index in [1.807, 2.05) is 30.3 Å². The van der Waals surface area contributed by atoms with Crippen LogP contribution >= 0.6 is 11.3 Å². The van der Waals surface area contributed by atoms with Crippen LogP contribution < -0.4 is 10.1 Å². The van der Waals surface area contributed by atoms with Crippen LogP contribution in [0, 0.1) is 0 Å². The number of carbonyl (C=O) groups is 1. The number of hydrogen-bond acceptors (Lipinski definition) is 6. The first kappa shape index (κ1) is 15.9. The van der Waals surface area contributed by atoms with Gasteiger partial charge in [0.2, 0.25) is 11.0 Å². The Morgan fingerprint density at radius 2 is 2.22 bits per heavy atom. The van der Waals surface area contributed by atoms with Crippen molar-refractivity contribution < 1.29 is 14.3 Å². The van der Waals surface area contributed by atoms with E-state index in [-0.39, 0.29) is 12.0 Å². The Hall–Kier alpha value is -1.99. The fourth-order valence-electron chi connectivity index (χ4n) is 2.31. The molecule has 1 N–H and O–H groups in total.